The van der Waals surface area contributed by atoms with Crippen molar-refractivity contribution in [3.8, 4) is 5.75 Å². The Labute approximate surface area is 123 Å². The van der Waals surface area contributed by atoms with E-state index in [2.05, 4.69) is 13.8 Å². The van der Waals surface area contributed by atoms with Crippen LogP contribution in [-0.4, -0.2) is 35.9 Å². The molecule has 2 atom stereocenters. The normalized spacial score (nSPS) is 22.0. The van der Waals surface area contributed by atoms with Crippen molar-refractivity contribution in [3.05, 3.63) is 33.9 Å². The largest absolute Gasteiger partial charge is 0.496 e. The quantitative estimate of drug-likeness (QED) is 0.634. The summed E-state index contributed by atoms with van der Waals surface area (Å²) in [7, 11) is 1.46. The SMILES string of the molecule is COc1ccc([N+](=O)[O-])cc1C(=O)N1C[C@H](C)C[C@@H](C)C1. The third-order valence-corrected chi connectivity index (χ3v) is 3.78. The molecule has 0 saturated carbocycles. The van der Waals surface area contributed by atoms with Crippen molar-refractivity contribution < 1.29 is 14.5 Å². The molecule has 1 saturated heterocycles. The summed E-state index contributed by atoms with van der Waals surface area (Å²) in [6.45, 7) is 5.57. The molecule has 1 aromatic rings. The fraction of sp³-hybridized carbons (Fsp3) is 0.533. The number of rotatable bonds is 3. The molecule has 1 fully saturated rings. The Kier molecular flexibility index (Phi) is 4.45. The second-order valence-electron chi connectivity index (χ2n) is 5.80. The van der Waals surface area contributed by atoms with E-state index in [1.165, 1.54) is 25.3 Å². The predicted molar refractivity (Wildman–Crippen MR) is 78.5 cm³/mol. The molecular formula is C15H20N2O4. The maximum atomic E-state index is 12.7. The van der Waals surface area contributed by atoms with Crippen molar-refractivity contribution in [1.29, 1.82) is 0 Å². The molecule has 1 amide bonds. The second kappa shape index (κ2) is 6.11. The van der Waals surface area contributed by atoms with Crippen molar-refractivity contribution in [2.75, 3.05) is 20.2 Å². The van der Waals surface area contributed by atoms with Crippen LogP contribution in [0.1, 0.15) is 30.6 Å². The van der Waals surface area contributed by atoms with Gasteiger partial charge in [0.05, 0.1) is 17.6 Å². The van der Waals surface area contributed by atoms with E-state index in [0.717, 1.165) is 6.42 Å². The number of benzene rings is 1. The number of piperidine rings is 1. The molecular weight excluding hydrogens is 272 g/mol. The lowest BCUT2D eigenvalue weighted by atomic mass is 9.91. The number of nitro benzene ring substituents is 1. The van der Waals surface area contributed by atoms with Gasteiger partial charge < -0.3 is 9.64 Å². The molecule has 1 aliphatic rings. The molecule has 114 valence electrons. The molecule has 6 heteroatoms. The number of non-ortho nitro benzene ring substituents is 1. The van der Waals surface area contributed by atoms with Gasteiger partial charge in [0.25, 0.3) is 11.6 Å². The van der Waals surface area contributed by atoms with Crippen molar-refractivity contribution in [2.45, 2.75) is 20.3 Å². The molecule has 21 heavy (non-hydrogen) atoms. The van der Waals surface area contributed by atoms with E-state index in [0.29, 0.717) is 30.7 Å². The van der Waals surface area contributed by atoms with Gasteiger partial charge in [0.1, 0.15) is 5.75 Å². The molecule has 0 unspecified atom stereocenters. The van der Waals surface area contributed by atoms with E-state index in [4.69, 9.17) is 4.74 Å². The first-order valence-corrected chi connectivity index (χ1v) is 7.04. The predicted octanol–water partition coefficient (Wildman–Crippen LogP) is 2.72. The van der Waals surface area contributed by atoms with Crippen molar-refractivity contribution in [1.82, 2.24) is 4.90 Å². The lowest BCUT2D eigenvalue weighted by Gasteiger charge is -2.35. The molecule has 0 bridgehead atoms. The van der Waals surface area contributed by atoms with E-state index >= 15 is 0 Å². The van der Waals surface area contributed by atoms with E-state index < -0.39 is 4.92 Å². The average Bonchev–Trinajstić information content (AvgIpc) is 2.44. The van der Waals surface area contributed by atoms with Gasteiger partial charge in [-0.2, -0.15) is 0 Å². The maximum absolute atomic E-state index is 12.7. The van der Waals surface area contributed by atoms with Crippen LogP contribution in [0.2, 0.25) is 0 Å². The number of nitrogens with zero attached hydrogens (tertiary/aromatic N) is 2. The first-order valence-electron chi connectivity index (χ1n) is 7.04. The molecule has 0 N–H and O–H groups in total. The topological polar surface area (TPSA) is 72.7 Å². The number of nitro groups is 1. The summed E-state index contributed by atoms with van der Waals surface area (Å²) in [5, 5.41) is 10.9. The standard InChI is InChI=1S/C15H20N2O4/c1-10-6-11(2)9-16(8-10)15(18)13-7-12(17(19)20)4-5-14(13)21-3/h4-5,7,10-11H,6,8-9H2,1-3H3/t10-,11-/m1/s1. The highest BCUT2D eigenvalue weighted by Gasteiger charge is 2.28. The van der Waals surface area contributed by atoms with Gasteiger partial charge in [0.2, 0.25) is 0 Å². The zero-order valence-electron chi connectivity index (χ0n) is 12.5. The number of ether oxygens (including phenoxy) is 1. The Balaban J connectivity index is 2.32. The van der Waals surface area contributed by atoms with E-state index in [1.54, 1.807) is 4.90 Å². The van der Waals surface area contributed by atoms with Crippen LogP contribution in [0, 0.1) is 22.0 Å². The number of hydrogen-bond donors (Lipinski definition) is 0. The average molecular weight is 292 g/mol. The van der Waals surface area contributed by atoms with E-state index in [1.807, 2.05) is 0 Å². The summed E-state index contributed by atoms with van der Waals surface area (Å²) >= 11 is 0. The number of methoxy groups -OCH3 is 1. The highest BCUT2D eigenvalue weighted by molar-refractivity contribution is 5.97. The van der Waals surface area contributed by atoms with Gasteiger partial charge in [-0.25, -0.2) is 0 Å². The third-order valence-electron chi connectivity index (χ3n) is 3.78. The van der Waals surface area contributed by atoms with Crippen LogP contribution in [0.3, 0.4) is 0 Å². The Bertz CT molecular complexity index is 549. The monoisotopic (exact) mass is 292 g/mol. The van der Waals surface area contributed by atoms with Crippen LogP contribution in [0.15, 0.2) is 18.2 Å². The lowest BCUT2D eigenvalue weighted by Crippen LogP contribution is -2.42. The summed E-state index contributed by atoms with van der Waals surface area (Å²) in [4.78, 5) is 24.8. The number of hydrogen-bond acceptors (Lipinski definition) is 4. The summed E-state index contributed by atoms with van der Waals surface area (Å²) < 4.78 is 5.18. The van der Waals surface area contributed by atoms with E-state index in [-0.39, 0.29) is 17.2 Å². The molecule has 6 nitrogen and oxygen atoms in total. The Hall–Kier alpha value is -2.11. The fourth-order valence-corrected chi connectivity index (χ4v) is 2.98. The first kappa shape index (κ1) is 15.3. The molecule has 0 spiro atoms. The van der Waals surface area contributed by atoms with Gasteiger partial charge in [-0.3, -0.25) is 14.9 Å². The van der Waals surface area contributed by atoms with Crippen LogP contribution < -0.4 is 4.74 Å². The van der Waals surface area contributed by atoms with Crippen LogP contribution >= 0.6 is 0 Å². The second-order valence-corrected chi connectivity index (χ2v) is 5.80. The molecule has 0 aliphatic carbocycles. The van der Waals surface area contributed by atoms with Crippen molar-refractivity contribution in [2.24, 2.45) is 11.8 Å². The van der Waals surface area contributed by atoms with Crippen LogP contribution in [0.4, 0.5) is 5.69 Å². The third kappa shape index (κ3) is 3.32. The lowest BCUT2D eigenvalue weighted by molar-refractivity contribution is -0.384. The van der Waals surface area contributed by atoms with Gasteiger partial charge in [0, 0.05) is 25.2 Å². The number of amides is 1. The molecule has 0 aromatic heterocycles. The Morgan fingerprint density at radius 3 is 2.48 bits per heavy atom. The zero-order valence-corrected chi connectivity index (χ0v) is 12.5. The highest BCUT2D eigenvalue weighted by atomic mass is 16.6. The number of carbonyl (C=O) groups excluding carboxylic acids is 1. The smallest absolute Gasteiger partial charge is 0.270 e. The first-order chi connectivity index (χ1) is 9.92. The van der Waals surface area contributed by atoms with Gasteiger partial charge in [-0.05, 0) is 24.3 Å². The summed E-state index contributed by atoms with van der Waals surface area (Å²) in [6, 6.07) is 4.12. The Morgan fingerprint density at radius 1 is 1.33 bits per heavy atom. The van der Waals surface area contributed by atoms with Crippen molar-refractivity contribution >= 4 is 11.6 Å². The minimum atomic E-state index is -0.502. The summed E-state index contributed by atoms with van der Waals surface area (Å²) in [6.07, 6.45) is 1.09. The van der Waals surface area contributed by atoms with Crippen LogP contribution in [0.5, 0.6) is 5.75 Å². The summed E-state index contributed by atoms with van der Waals surface area (Å²) in [5.41, 5.74) is 0.158. The minimum Gasteiger partial charge on any atom is -0.496 e. The van der Waals surface area contributed by atoms with Crippen molar-refractivity contribution in [3.63, 3.8) is 0 Å². The minimum absolute atomic E-state index is 0.0998. The van der Waals surface area contributed by atoms with Crippen LogP contribution in [-0.2, 0) is 0 Å². The van der Waals surface area contributed by atoms with Gasteiger partial charge in [0.15, 0.2) is 0 Å². The zero-order chi connectivity index (χ0) is 15.6. The molecule has 1 heterocycles. The number of likely N-dealkylation sites (tertiary alicyclic amines) is 1. The van der Waals surface area contributed by atoms with Gasteiger partial charge >= 0.3 is 0 Å². The van der Waals surface area contributed by atoms with Gasteiger partial charge in [-0.15, -0.1) is 0 Å². The number of carbonyl (C=O) groups is 1. The highest BCUT2D eigenvalue weighted by Crippen LogP contribution is 2.28. The molecule has 1 aliphatic heterocycles. The summed E-state index contributed by atoms with van der Waals surface area (Å²) in [5.74, 6) is 1.04. The van der Waals surface area contributed by atoms with Gasteiger partial charge in [-0.1, -0.05) is 13.8 Å². The van der Waals surface area contributed by atoms with E-state index in [9.17, 15) is 14.9 Å². The molecule has 2 rings (SSSR count). The maximum Gasteiger partial charge on any atom is 0.270 e. The fourth-order valence-electron chi connectivity index (χ4n) is 2.98. The molecule has 0 radical (unpaired) electrons. The Morgan fingerprint density at radius 2 is 1.95 bits per heavy atom. The van der Waals surface area contributed by atoms with Crippen LogP contribution in [0.25, 0.3) is 0 Å². The molecule has 1 aromatic carbocycles.